The number of nitrogens with zero attached hydrogens (tertiary/aromatic N) is 7. The molecule has 26 aromatic rings. The lowest BCUT2D eigenvalue weighted by Gasteiger charge is -2.11. The number of furan rings is 3. The summed E-state index contributed by atoms with van der Waals surface area (Å²) in [5, 5.41) is 13.9. The van der Waals surface area contributed by atoms with Gasteiger partial charge >= 0.3 is 0 Å². The molecule has 0 fully saturated rings. The molecule has 0 aliphatic heterocycles. The molecule has 0 atom stereocenters. The molecule has 0 saturated carbocycles. The molecule has 0 unspecified atom stereocenters. The van der Waals surface area contributed by atoms with Gasteiger partial charge in [-0.2, -0.15) is 0 Å². The molecule has 6 aromatic heterocycles. The molecule has 135 heavy (non-hydrogen) atoms. The van der Waals surface area contributed by atoms with E-state index in [1.807, 2.05) is 164 Å². The molecular formula is C125H79N7O3. The zero-order valence-electron chi connectivity index (χ0n) is 73.0. The summed E-state index contributed by atoms with van der Waals surface area (Å²) in [7, 11) is 0. The third-order valence-electron chi connectivity index (χ3n) is 25.3. The number of fused-ring (bicyclic) bond motifs is 13. The zero-order chi connectivity index (χ0) is 89.5. The van der Waals surface area contributed by atoms with Gasteiger partial charge in [0.2, 0.25) is 0 Å². The third kappa shape index (κ3) is 16.1. The van der Waals surface area contributed by atoms with Gasteiger partial charge in [0, 0.05) is 82.4 Å². The summed E-state index contributed by atoms with van der Waals surface area (Å²) in [4.78, 5) is 34.8. The van der Waals surface area contributed by atoms with Gasteiger partial charge in [-0.15, -0.1) is 0 Å². The predicted octanol–water partition coefficient (Wildman–Crippen LogP) is 33.3. The van der Waals surface area contributed by atoms with E-state index >= 15 is 0 Å². The third-order valence-corrected chi connectivity index (χ3v) is 25.3. The Labute approximate surface area is 777 Å². The summed E-state index contributed by atoms with van der Waals surface area (Å²) in [6, 6.07) is 166. The summed E-state index contributed by atoms with van der Waals surface area (Å²) in [6.45, 7) is 0. The van der Waals surface area contributed by atoms with Crippen LogP contribution < -0.4 is 0 Å². The van der Waals surface area contributed by atoms with Gasteiger partial charge in [-0.25, -0.2) is 34.9 Å². The van der Waals surface area contributed by atoms with Gasteiger partial charge < -0.3 is 13.3 Å². The first-order valence-electron chi connectivity index (χ1n) is 45.2. The lowest BCUT2D eigenvalue weighted by molar-refractivity contribution is 0.668. The highest BCUT2D eigenvalue weighted by Crippen LogP contribution is 2.42. The van der Waals surface area contributed by atoms with E-state index in [9.17, 15) is 0 Å². The topological polar surface area (TPSA) is 130 Å². The van der Waals surface area contributed by atoms with Crippen LogP contribution >= 0.6 is 0 Å². The molecule has 0 bridgehead atoms. The number of rotatable bonds is 14. The van der Waals surface area contributed by atoms with E-state index in [1.54, 1.807) is 0 Å². The summed E-state index contributed by atoms with van der Waals surface area (Å²) in [6.07, 6.45) is 0. The fraction of sp³-hybridized carbons (Fsp3) is 0. The monoisotopic (exact) mass is 1730 g/mol. The minimum atomic E-state index is 0.644. The molecule has 0 aliphatic rings. The second-order valence-corrected chi connectivity index (χ2v) is 33.8. The molecule has 0 N–H and O–H groups in total. The molecule has 0 radical (unpaired) electrons. The van der Waals surface area contributed by atoms with Gasteiger partial charge in [-0.1, -0.05) is 382 Å². The van der Waals surface area contributed by atoms with Gasteiger partial charge in [-0.05, 0) is 185 Å². The van der Waals surface area contributed by atoms with Crippen molar-refractivity contribution in [3.05, 3.63) is 479 Å². The standard InChI is InChI=1S/C47H29N3O.C44H28N2O.C34H22N2O/c1-3-9-30(10-4-1)31-15-17-33(18-16-31)46-48-45(32-11-5-2-6-12-32)49-47(50-46)38-22-25-40-37(28-38)20-19-36-27-34(21-24-39(36)40)35-23-26-44-42(29-35)41-13-7-8-14-43(41)51-44;1-3-10-29(11-4-1)40-28-41(46-44(45-40)30-12-5-2-6-13-30)37-21-20-34-25-33(18-19-35(34)26-37)31-14-9-15-32(24-31)36-22-23-43-39(27-36)38-16-7-8-17-42(38)47-43;1-3-9-24(10-4-1)30-22-31(36-34(35-30)26-11-5-2-6-12-26)25-17-15-23(16-18-25)27-19-20-33-29(21-27)28-13-7-8-14-32(28)37-33/h1-29H;1-28H;1-22H. The molecule has 632 valence electrons. The van der Waals surface area contributed by atoms with Gasteiger partial charge in [0.15, 0.2) is 29.1 Å². The van der Waals surface area contributed by atoms with Crippen LogP contribution in [0.3, 0.4) is 0 Å². The van der Waals surface area contributed by atoms with Crippen molar-refractivity contribution in [1.82, 2.24) is 34.9 Å². The van der Waals surface area contributed by atoms with Crippen molar-refractivity contribution in [2.45, 2.75) is 0 Å². The molecule has 6 heterocycles. The molecule has 0 amide bonds. The molecule has 0 spiro atoms. The fourth-order valence-corrected chi connectivity index (χ4v) is 18.3. The van der Waals surface area contributed by atoms with E-state index in [1.165, 1.54) is 65.9 Å². The average molecular weight is 1730 g/mol. The highest BCUT2D eigenvalue weighted by atomic mass is 16.3. The van der Waals surface area contributed by atoms with E-state index in [2.05, 4.69) is 315 Å². The Kier molecular flexibility index (Phi) is 20.8. The van der Waals surface area contributed by atoms with Gasteiger partial charge in [0.05, 0.1) is 22.8 Å². The Bertz CT molecular complexity index is 8840. The van der Waals surface area contributed by atoms with Crippen LogP contribution in [0.15, 0.2) is 492 Å². The number of hydrogen-bond acceptors (Lipinski definition) is 10. The van der Waals surface area contributed by atoms with Crippen LogP contribution in [0.5, 0.6) is 0 Å². The first-order valence-corrected chi connectivity index (χ1v) is 45.2. The minimum Gasteiger partial charge on any atom is -0.456 e. The van der Waals surface area contributed by atoms with Gasteiger partial charge in [0.1, 0.15) is 33.5 Å². The van der Waals surface area contributed by atoms with Crippen LogP contribution in [0.2, 0.25) is 0 Å². The molecular weight excluding hydrogens is 1650 g/mol. The predicted molar refractivity (Wildman–Crippen MR) is 554 cm³/mol. The van der Waals surface area contributed by atoms with Crippen LogP contribution in [0.4, 0.5) is 0 Å². The quantitative estimate of drug-likeness (QED) is 0.0970. The maximum atomic E-state index is 6.07. The summed E-state index contributed by atoms with van der Waals surface area (Å²) < 4.78 is 18.1. The van der Waals surface area contributed by atoms with Crippen molar-refractivity contribution >= 4 is 98.1 Å². The maximum Gasteiger partial charge on any atom is 0.164 e. The van der Waals surface area contributed by atoms with Gasteiger partial charge in [0.25, 0.3) is 0 Å². The van der Waals surface area contributed by atoms with E-state index in [0.29, 0.717) is 17.5 Å². The minimum absolute atomic E-state index is 0.644. The van der Waals surface area contributed by atoms with E-state index in [-0.39, 0.29) is 0 Å². The van der Waals surface area contributed by atoms with E-state index < -0.39 is 0 Å². The number of benzene rings is 20. The SMILES string of the molecule is c1ccc(-c2cc(-c3ccc(-c4ccc5oc6ccccc6c5c4)cc3)nc(-c3ccccc3)n2)cc1.c1ccc(-c2cc(-c3ccc4cc(-c5cccc(-c6ccc7oc8ccccc8c7c6)c5)ccc4c3)nc(-c3ccccc3)n2)cc1.c1ccc(-c2ccc(-c3nc(-c4ccccc4)nc(-c4ccc5c(ccc6cc(-c7ccc8oc9ccccc9c8c7)ccc65)c4)n3)cc2)cc1. The number of aromatic nitrogens is 7. The highest BCUT2D eigenvalue weighted by Gasteiger charge is 2.20. The van der Waals surface area contributed by atoms with Crippen molar-refractivity contribution in [2.75, 3.05) is 0 Å². The lowest BCUT2D eigenvalue weighted by Crippen LogP contribution is -2.00. The Balaban J connectivity index is 0.000000112. The first kappa shape index (κ1) is 80.1. The lowest BCUT2D eigenvalue weighted by atomic mass is 9.96. The van der Waals surface area contributed by atoms with Crippen molar-refractivity contribution < 1.29 is 13.3 Å². The second kappa shape index (κ2) is 35.0. The van der Waals surface area contributed by atoms with E-state index in [0.717, 1.165) is 172 Å². The normalized spacial score (nSPS) is 11.4. The first-order chi connectivity index (χ1) is 66.8. The summed E-state index contributed by atoms with van der Waals surface area (Å²) >= 11 is 0. The Morgan fingerprint density at radius 1 is 0.111 bits per heavy atom. The van der Waals surface area contributed by atoms with Crippen molar-refractivity contribution in [3.8, 4) is 158 Å². The van der Waals surface area contributed by atoms with Crippen LogP contribution in [-0.4, -0.2) is 34.9 Å². The largest absolute Gasteiger partial charge is 0.456 e. The summed E-state index contributed by atoms with van der Waals surface area (Å²) in [5.74, 6) is 3.38. The molecule has 20 aromatic carbocycles. The summed E-state index contributed by atoms with van der Waals surface area (Å²) in [5.41, 5.74) is 29.9. The number of para-hydroxylation sites is 3. The maximum absolute atomic E-state index is 6.07. The fourth-order valence-electron chi connectivity index (χ4n) is 18.3. The highest BCUT2D eigenvalue weighted by molar-refractivity contribution is 6.12. The van der Waals surface area contributed by atoms with Crippen LogP contribution in [0, 0.1) is 0 Å². The Morgan fingerprint density at radius 3 is 0.770 bits per heavy atom. The van der Waals surface area contributed by atoms with Crippen LogP contribution in [0.25, 0.3) is 256 Å². The number of hydrogen-bond donors (Lipinski definition) is 0. The Hall–Kier alpha value is -18.3. The molecule has 0 saturated heterocycles. The van der Waals surface area contributed by atoms with Crippen LogP contribution in [0.1, 0.15) is 0 Å². The zero-order valence-corrected chi connectivity index (χ0v) is 73.0. The van der Waals surface area contributed by atoms with Crippen LogP contribution in [-0.2, 0) is 0 Å². The molecule has 10 heteroatoms. The molecule has 10 nitrogen and oxygen atoms in total. The van der Waals surface area contributed by atoms with Crippen molar-refractivity contribution in [3.63, 3.8) is 0 Å². The smallest absolute Gasteiger partial charge is 0.164 e. The average Bonchev–Trinajstić information content (AvgIpc) is 1.76. The molecule has 0 aliphatic carbocycles. The Morgan fingerprint density at radius 2 is 0.341 bits per heavy atom. The van der Waals surface area contributed by atoms with Crippen molar-refractivity contribution in [2.24, 2.45) is 0 Å². The molecule has 26 rings (SSSR count). The van der Waals surface area contributed by atoms with E-state index in [4.69, 9.17) is 48.1 Å². The van der Waals surface area contributed by atoms with Gasteiger partial charge in [-0.3, -0.25) is 0 Å². The second-order valence-electron chi connectivity index (χ2n) is 33.8. The van der Waals surface area contributed by atoms with Crippen molar-refractivity contribution in [1.29, 1.82) is 0 Å².